The van der Waals surface area contributed by atoms with Gasteiger partial charge in [0, 0.05) is 45.0 Å². The number of benzene rings is 2. The SMILES string of the molecule is CCN(c1ccc(CCC(=O)O)cc1Nc1ccc(C#N)cc1)C1CCOCC1.COC(C)C. The monoisotopic (exact) mass is 467 g/mol. The van der Waals surface area contributed by atoms with E-state index in [9.17, 15) is 4.79 Å². The van der Waals surface area contributed by atoms with Crippen LogP contribution in [-0.2, 0) is 20.7 Å². The zero-order valence-electron chi connectivity index (χ0n) is 20.7. The van der Waals surface area contributed by atoms with Crippen molar-refractivity contribution in [1.29, 1.82) is 5.26 Å². The summed E-state index contributed by atoms with van der Waals surface area (Å²) in [5.74, 6) is -0.798. The molecule has 3 rings (SSSR count). The number of carbonyl (C=O) groups is 1. The van der Waals surface area contributed by atoms with Crippen LogP contribution < -0.4 is 10.2 Å². The van der Waals surface area contributed by atoms with Crippen LogP contribution in [0.25, 0.3) is 0 Å². The van der Waals surface area contributed by atoms with Crippen LogP contribution in [0, 0.1) is 11.3 Å². The summed E-state index contributed by atoms with van der Waals surface area (Å²) in [5, 5.41) is 21.5. The van der Waals surface area contributed by atoms with Crippen LogP contribution in [-0.4, -0.2) is 50.1 Å². The van der Waals surface area contributed by atoms with E-state index in [0.29, 0.717) is 24.1 Å². The van der Waals surface area contributed by atoms with Crippen LogP contribution in [0.5, 0.6) is 0 Å². The highest BCUT2D eigenvalue weighted by Gasteiger charge is 2.23. The van der Waals surface area contributed by atoms with Gasteiger partial charge in [-0.05, 0) is 82.0 Å². The third-order valence-electron chi connectivity index (χ3n) is 5.73. The van der Waals surface area contributed by atoms with Gasteiger partial charge in [-0.1, -0.05) is 6.07 Å². The first-order valence-electron chi connectivity index (χ1n) is 11.9. The number of anilines is 3. The number of nitrogens with one attached hydrogen (secondary N) is 1. The van der Waals surface area contributed by atoms with E-state index in [1.807, 2.05) is 38.1 Å². The van der Waals surface area contributed by atoms with Gasteiger partial charge < -0.3 is 24.8 Å². The van der Waals surface area contributed by atoms with E-state index < -0.39 is 5.97 Å². The number of aliphatic carboxylic acids is 1. The van der Waals surface area contributed by atoms with Crippen molar-refractivity contribution < 1.29 is 19.4 Å². The number of rotatable bonds is 9. The van der Waals surface area contributed by atoms with Gasteiger partial charge in [0.1, 0.15) is 0 Å². The Morgan fingerprint density at radius 2 is 1.88 bits per heavy atom. The molecule has 0 amide bonds. The highest BCUT2D eigenvalue weighted by atomic mass is 16.5. The molecule has 184 valence electrons. The van der Waals surface area contributed by atoms with Crippen molar-refractivity contribution in [2.24, 2.45) is 0 Å². The van der Waals surface area contributed by atoms with E-state index >= 15 is 0 Å². The average Bonchev–Trinajstić information content (AvgIpc) is 2.85. The molecule has 7 heteroatoms. The summed E-state index contributed by atoms with van der Waals surface area (Å²) in [6.45, 7) is 8.58. The molecular formula is C27H37N3O4. The second-order valence-electron chi connectivity index (χ2n) is 8.47. The van der Waals surface area contributed by atoms with Crippen molar-refractivity contribution in [2.45, 2.75) is 58.6 Å². The van der Waals surface area contributed by atoms with Crippen LogP contribution in [0.1, 0.15) is 51.2 Å². The Bertz CT molecular complexity index is 932. The summed E-state index contributed by atoms with van der Waals surface area (Å²) in [4.78, 5) is 13.4. The quantitative estimate of drug-likeness (QED) is 0.512. The lowest BCUT2D eigenvalue weighted by molar-refractivity contribution is -0.136. The lowest BCUT2D eigenvalue weighted by Crippen LogP contribution is -2.39. The molecule has 0 bridgehead atoms. The molecule has 0 unspecified atom stereocenters. The summed E-state index contributed by atoms with van der Waals surface area (Å²) >= 11 is 0. The Balaban J connectivity index is 0.000000739. The van der Waals surface area contributed by atoms with E-state index in [0.717, 1.165) is 55.2 Å². The van der Waals surface area contributed by atoms with Gasteiger partial charge in [0.15, 0.2) is 0 Å². The number of hydrogen-bond acceptors (Lipinski definition) is 6. The normalized spacial score (nSPS) is 13.5. The molecule has 1 saturated heterocycles. The van der Waals surface area contributed by atoms with Gasteiger partial charge in [-0.2, -0.15) is 5.26 Å². The summed E-state index contributed by atoms with van der Waals surface area (Å²) in [6.07, 6.45) is 2.96. The fourth-order valence-electron chi connectivity index (χ4n) is 3.75. The molecule has 2 N–H and O–H groups in total. The molecule has 0 spiro atoms. The standard InChI is InChI=1S/C23H27N3O3.C4H10O/c1-2-26(20-11-13-29-14-12-20)22-9-5-17(6-10-23(27)28)15-21(22)25-19-7-3-18(16-24)4-8-19;1-4(2)5-3/h3-5,7-9,15,20,25H,2,6,10-14H2,1H3,(H,27,28);4H,1-3H3. The fourth-order valence-corrected chi connectivity index (χ4v) is 3.75. The molecule has 0 saturated carbocycles. The molecule has 2 aromatic carbocycles. The molecule has 0 aromatic heterocycles. The molecule has 0 aliphatic carbocycles. The maximum absolute atomic E-state index is 11.0. The second kappa shape index (κ2) is 14.2. The summed E-state index contributed by atoms with van der Waals surface area (Å²) in [7, 11) is 1.70. The van der Waals surface area contributed by atoms with Crippen LogP contribution >= 0.6 is 0 Å². The predicted molar refractivity (Wildman–Crippen MR) is 136 cm³/mol. The molecule has 1 aliphatic heterocycles. The van der Waals surface area contributed by atoms with Crippen molar-refractivity contribution in [3.63, 3.8) is 0 Å². The highest BCUT2D eigenvalue weighted by Crippen LogP contribution is 2.33. The van der Waals surface area contributed by atoms with Crippen molar-refractivity contribution in [3.8, 4) is 6.07 Å². The Morgan fingerprint density at radius 3 is 2.41 bits per heavy atom. The molecule has 1 heterocycles. The first kappa shape index (κ1) is 27.2. The van der Waals surface area contributed by atoms with Crippen molar-refractivity contribution >= 4 is 23.0 Å². The third kappa shape index (κ3) is 8.69. The number of carboxylic acids is 1. The van der Waals surface area contributed by atoms with E-state index in [-0.39, 0.29) is 6.42 Å². The Labute approximate surface area is 203 Å². The number of nitriles is 1. The van der Waals surface area contributed by atoms with Crippen LogP contribution in [0.3, 0.4) is 0 Å². The molecule has 2 aromatic rings. The molecule has 0 atom stereocenters. The Hall–Kier alpha value is -3.08. The van der Waals surface area contributed by atoms with Gasteiger partial charge in [-0.25, -0.2) is 0 Å². The summed E-state index contributed by atoms with van der Waals surface area (Å²) in [6, 6.07) is 16.0. The third-order valence-corrected chi connectivity index (χ3v) is 5.73. The van der Waals surface area contributed by atoms with Gasteiger partial charge >= 0.3 is 5.97 Å². The Kier molecular flexibility index (Phi) is 11.4. The zero-order chi connectivity index (χ0) is 24.9. The van der Waals surface area contributed by atoms with Crippen LogP contribution in [0.2, 0.25) is 0 Å². The van der Waals surface area contributed by atoms with E-state index in [1.165, 1.54) is 0 Å². The Morgan fingerprint density at radius 1 is 1.24 bits per heavy atom. The number of hydrogen-bond donors (Lipinski definition) is 2. The maximum atomic E-state index is 11.0. The molecular weight excluding hydrogens is 430 g/mol. The highest BCUT2D eigenvalue weighted by molar-refractivity contribution is 5.77. The van der Waals surface area contributed by atoms with Crippen molar-refractivity contribution in [2.75, 3.05) is 37.1 Å². The number of carboxylic acid groups (broad SMARTS) is 1. The van der Waals surface area contributed by atoms with Gasteiger partial charge in [-0.15, -0.1) is 0 Å². The molecule has 7 nitrogen and oxygen atoms in total. The lowest BCUT2D eigenvalue weighted by Gasteiger charge is -2.36. The first-order chi connectivity index (χ1) is 16.4. The molecule has 1 fully saturated rings. The average molecular weight is 468 g/mol. The number of methoxy groups -OCH3 is 1. The largest absolute Gasteiger partial charge is 0.481 e. The predicted octanol–water partition coefficient (Wildman–Crippen LogP) is 5.37. The maximum Gasteiger partial charge on any atom is 0.303 e. The van der Waals surface area contributed by atoms with Crippen molar-refractivity contribution in [1.82, 2.24) is 0 Å². The molecule has 34 heavy (non-hydrogen) atoms. The first-order valence-corrected chi connectivity index (χ1v) is 11.9. The minimum atomic E-state index is -0.798. The van der Waals surface area contributed by atoms with E-state index in [2.05, 4.69) is 29.3 Å². The molecule has 1 aliphatic rings. The minimum absolute atomic E-state index is 0.104. The smallest absolute Gasteiger partial charge is 0.303 e. The number of ether oxygens (including phenoxy) is 2. The minimum Gasteiger partial charge on any atom is -0.481 e. The van der Waals surface area contributed by atoms with E-state index in [4.69, 9.17) is 19.8 Å². The topological polar surface area (TPSA) is 94.8 Å². The van der Waals surface area contributed by atoms with Gasteiger partial charge in [-0.3, -0.25) is 4.79 Å². The summed E-state index contributed by atoms with van der Waals surface area (Å²) in [5.41, 5.74) is 4.54. The van der Waals surface area contributed by atoms with Crippen LogP contribution in [0.4, 0.5) is 17.1 Å². The van der Waals surface area contributed by atoms with Gasteiger partial charge in [0.05, 0.1) is 29.1 Å². The zero-order valence-corrected chi connectivity index (χ0v) is 20.7. The van der Waals surface area contributed by atoms with Crippen LogP contribution in [0.15, 0.2) is 42.5 Å². The van der Waals surface area contributed by atoms with E-state index in [1.54, 1.807) is 19.2 Å². The number of aryl methyl sites for hydroxylation is 1. The van der Waals surface area contributed by atoms with Gasteiger partial charge in [0.2, 0.25) is 0 Å². The van der Waals surface area contributed by atoms with Gasteiger partial charge in [0.25, 0.3) is 0 Å². The molecule has 0 radical (unpaired) electrons. The lowest BCUT2D eigenvalue weighted by atomic mass is 10.0. The fraction of sp³-hybridized carbons (Fsp3) is 0.481. The van der Waals surface area contributed by atoms with Crippen molar-refractivity contribution in [3.05, 3.63) is 53.6 Å². The summed E-state index contributed by atoms with van der Waals surface area (Å²) < 4.78 is 10.3. The second-order valence-corrected chi connectivity index (χ2v) is 8.47. The number of nitrogens with zero attached hydrogens (tertiary/aromatic N) is 2.